The zero-order valence-corrected chi connectivity index (χ0v) is 12.1. The van der Waals surface area contributed by atoms with Gasteiger partial charge in [-0.1, -0.05) is 23.7 Å². The van der Waals surface area contributed by atoms with Crippen molar-refractivity contribution in [3.8, 4) is 11.5 Å². The molecule has 20 heavy (non-hydrogen) atoms. The van der Waals surface area contributed by atoms with Crippen LogP contribution in [0.5, 0.6) is 0 Å². The first-order valence-corrected chi connectivity index (χ1v) is 7.13. The third kappa shape index (κ3) is 3.00. The molecule has 0 radical (unpaired) electrons. The Hall–Kier alpha value is -1.43. The largest absolute Gasteiger partial charge is 0.419 e. The van der Waals surface area contributed by atoms with Gasteiger partial charge in [-0.2, -0.15) is 0 Å². The number of aromatic nitrogens is 2. The number of halogens is 1. The van der Waals surface area contributed by atoms with Crippen molar-refractivity contribution in [2.75, 3.05) is 19.6 Å². The second-order valence-electron chi connectivity index (χ2n) is 5.07. The van der Waals surface area contributed by atoms with E-state index in [9.17, 15) is 0 Å². The van der Waals surface area contributed by atoms with E-state index in [2.05, 4.69) is 27.3 Å². The van der Waals surface area contributed by atoms with Crippen molar-refractivity contribution in [3.05, 3.63) is 35.2 Å². The van der Waals surface area contributed by atoms with Crippen LogP contribution in [0.3, 0.4) is 0 Å². The molecule has 0 aliphatic carbocycles. The Kier molecular flexibility index (Phi) is 4.00. The maximum absolute atomic E-state index is 6.13. The molecule has 2 heterocycles. The van der Waals surface area contributed by atoms with Gasteiger partial charge in [0, 0.05) is 25.7 Å². The van der Waals surface area contributed by atoms with Gasteiger partial charge in [0.05, 0.1) is 17.1 Å². The first-order chi connectivity index (χ1) is 9.72. The zero-order chi connectivity index (χ0) is 13.9. The first kappa shape index (κ1) is 13.5. The normalized spacial score (nSPS) is 20.2. The third-order valence-electron chi connectivity index (χ3n) is 3.38. The van der Waals surface area contributed by atoms with Crippen LogP contribution in [-0.2, 0) is 6.54 Å². The molecular weight excluding hydrogens is 276 g/mol. The molecule has 1 N–H and O–H groups in total. The van der Waals surface area contributed by atoms with Gasteiger partial charge >= 0.3 is 0 Å². The summed E-state index contributed by atoms with van der Waals surface area (Å²) in [5, 5.41) is 12.2. The van der Waals surface area contributed by atoms with Crippen molar-refractivity contribution in [1.82, 2.24) is 20.4 Å². The quantitative estimate of drug-likeness (QED) is 0.940. The molecule has 0 saturated carbocycles. The fourth-order valence-electron chi connectivity index (χ4n) is 2.41. The lowest BCUT2D eigenvalue weighted by Gasteiger charge is -2.30. The molecule has 1 atom stereocenters. The van der Waals surface area contributed by atoms with Crippen molar-refractivity contribution in [1.29, 1.82) is 0 Å². The summed E-state index contributed by atoms with van der Waals surface area (Å²) < 4.78 is 5.72. The van der Waals surface area contributed by atoms with Crippen LogP contribution in [0.15, 0.2) is 28.7 Å². The monoisotopic (exact) mass is 292 g/mol. The Labute approximate surface area is 122 Å². The Balaban J connectivity index is 1.72. The van der Waals surface area contributed by atoms with Gasteiger partial charge in [0.1, 0.15) is 0 Å². The highest BCUT2D eigenvalue weighted by Gasteiger charge is 2.18. The number of hydrogen-bond acceptors (Lipinski definition) is 5. The van der Waals surface area contributed by atoms with E-state index in [1.54, 1.807) is 0 Å². The number of nitrogens with one attached hydrogen (secondary N) is 1. The molecule has 5 nitrogen and oxygen atoms in total. The molecular formula is C14H17ClN4O. The summed E-state index contributed by atoms with van der Waals surface area (Å²) >= 11 is 6.13. The molecule has 2 aromatic rings. The summed E-state index contributed by atoms with van der Waals surface area (Å²) in [6, 6.07) is 7.98. The summed E-state index contributed by atoms with van der Waals surface area (Å²) in [7, 11) is 0. The maximum atomic E-state index is 6.13. The summed E-state index contributed by atoms with van der Waals surface area (Å²) in [5.41, 5.74) is 0.779. The first-order valence-electron chi connectivity index (χ1n) is 6.75. The second kappa shape index (κ2) is 5.91. The van der Waals surface area contributed by atoms with E-state index in [1.807, 2.05) is 24.3 Å². The molecule has 0 unspecified atom stereocenters. The predicted molar refractivity (Wildman–Crippen MR) is 77.5 cm³/mol. The minimum absolute atomic E-state index is 0.480. The van der Waals surface area contributed by atoms with Crippen molar-refractivity contribution in [3.63, 3.8) is 0 Å². The maximum Gasteiger partial charge on any atom is 0.249 e. The van der Waals surface area contributed by atoms with Crippen LogP contribution in [0.2, 0.25) is 5.02 Å². The Morgan fingerprint density at radius 1 is 1.40 bits per heavy atom. The summed E-state index contributed by atoms with van der Waals surface area (Å²) in [5.74, 6) is 1.11. The number of piperazine rings is 1. The zero-order valence-electron chi connectivity index (χ0n) is 11.3. The van der Waals surface area contributed by atoms with Gasteiger partial charge in [0.2, 0.25) is 11.8 Å². The topological polar surface area (TPSA) is 54.2 Å². The van der Waals surface area contributed by atoms with Gasteiger partial charge in [-0.25, -0.2) is 0 Å². The highest BCUT2D eigenvalue weighted by Crippen LogP contribution is 2.26. The van der Waals surface area contributed by atoms with Crippen LogP contribution in [-0.4, -0.2) is 40.8 Å². The van der Waals surface area contributed by atoms with E-state index >= 15 is 0 Å². The smallest absolute Gasteiger partial charge is 0.249 e. The molecule has 0 amide bonds. The van der Waals surface area contributed by atoms with E-state index in [4.69, 9.17) is 16.0 Å². The van der Waals surface area contributed by atoms with E-state index in [0.29, 0.717) is 29.4 Å². The van der Waals surface area contributed by atoms with Crippen LogP contribution in [0.4, 0.5) is 0 Å². The average Bonchev–Trinajstić information content (AvgIpc) is 2.87. The lowest BCUT2D eigenvalue weighted by atomic mass is 10.2. The molecule has 106 valence electrons. The number of benzene rings is 1. The van der Waals surface area contributed by atoms with Gasteiger partial charge in [-0.15, -0.1) is 10.2 Å². The molecule has 1 aliphatic heterocycles. The summed E-state index contributed by atoms with van der Waals surface area (Å²) in [4.78, 5) is 2.31. The van der Waals surface area contributed by atoms with Crippen molar-refractivity contribution >= 4 is 11.6 Å². The highest BCUT2D eigenvalue weighted by molar-refractivity contribution is 6.33. The van der Waals surface area contributed by atoms with Crippen LogP contribution < -0.4 is 5.32 Å². The van der Waals surface area contributed by atoms with E-state index in [-0.39, 0.29) is 0 Å². The highest BCUT2D eigenvalue weighted by atomic mass is 35.5. The number of nitrogens with zero attached hydrogens (tertiary/aromatic N) is 3. The Morgan fingerprint density at radius 3 is 3.05 bits per heavy atom. The van der Waals surface area contributed by atoms with Gasteiger partial charge < -0.3 is 9.73 Å². The average molecular weight is 293 g/mol. The number of rotatable bonds is 3. The Morgan fingerprint density at radius 2 is 2.25 bits per heavy atom. The Bertz CT molecular complexity index is 586. The van der Waals surface area contributed by atoms with Gasteiger partial charge in [-0.3, -0.25) is 4.90 Å². The number of hydrogen-bond donors (Lipinski definition) is 1. The molecule has 1 aromatic heterocycles. The van der Waals surface area contributed by atoms with Crippen LogP contribution in [0.1, 0.15) is 12.8 Å². The van der Waals surface area contributed by atoms with Gasteiger partial charge in [0.25, 0.3) is 0 Å². The van der Waals surface area contributed by atoms with E-state index in [1.165, 1.54) is 0 Å². The van der Waals surface area contributed by atoms with Crippen LogP contribution >= 0.6 is 11.6 Å². The lowest BCUT2D eigenvalue weighted by molar-refractivity contribution is 0.184. The van der Waals surface area contributed by atoms with Crippen LogP contribution in [0.25, 0.3) is 11.5 Å². The minimum Gasteiger partial charge on any atom is -0.419 e. The SMILES string of the molecule is C[C@@H]1CN(Cc2nnc(-c3ccccc3Cl)o2)CCN1. The molecule has 1 fully saturated rings. The second-order valence-corrected chi connectivity index (χ2v) is 5.48. The van der Waals surface area contributed by atoms with Gasteiger partial charge in [0.15, 0.2) is 0 Å². The molecule has 1 aliphatic rings. The standard InChI is InChI=1S/C14H17ClN4O/c1-10-8-19(7-6-16-10)9-13-17-18-14(20-13)11-4-2-3-5-12(11)15/h2-5,10,16H,6-9H2,1H3/t10-/m1/s1. The van der Waals surface area contributed by atoms with E-state index in [0.717, 1.165) is 25.2 Å². The molecule has 6 heteroatoms. The van der Waals surface area contributed by atoms with Gasteiger partial charge in [-0.05, 0) is 19.1 Å². The minimum atomic E-state index is 0.480. The van der Waals surface area contributed by atoms with Crippen molar-refractivity contribution < 1.29 is 4.42 Å². The summed E-state index contributed by atoms with van der Waals surface area (Å²) in [6.45, 7) is 5.84. The van der Waals surface area contributed by atoms with Crippen molar-refractivity contribution in [2.45, 2.75) is 19.5 Å². The molecule has 1 saturated heterocycles. The molecule has 1 aromatic carbocycles. The fraction of sp³-hybridized carbons (Fsp3) is 0.429. The lowest BCUT2D eigenvalue weighted by Crippen LogP contribution is -2.48. The molecule has 0 spiro atoms. The van der Waals surface area contributed by atoms with E-state index < -0.39 is 0 Å². The fourth-order valence-corrected chi connectivity index (χ4v) is 2.62. The van der Waals surface area contributed by atoms with Crippen molar-refractivity contribution in [2.24, 2.45) is 0 Å². The predicted octanol–water partition coefficient (Wildman–Crippen LogP) is 2.18. The third-order valence-corrected chi connectivity index (χ3v) is 3.71. The molecule has 0 bridgehead atoms. The van der Waals surface area contributed by atoms with Crippen LogP contribution in [0, 0.1) is 0 Å². The molecule has 3 rings (SSSR count). The summed E-state index contributed by atoms with van der Waals surface area (Å²) in [6.07, 6.45) is 0.